The lowest BCUT2D eigenvalue weighted by molar-refractivity contribution is -0.142. The first kappa shape index (κ1) is 27.2. The fourth-order valence-electron chi connectivity index (χ4n) is 3.93. The van der Waals surface area contributed by atoms with Crippen LogP contribution in [0.5, 0.6) is 5.75 Å². The molecule has 6 nitrogen and oxygen atoms in total. The highest BCUT2D eigenvalue weighted by Crippen LogP contribution is 2.24. The van der Waals surface area contributed by atoms with Crippen LogP contribution in [0.1, 0.15) is 16.7 Å². The molecule has 3 aromatic carbocycles. The summed E-state index contributed by atoms with van der Waals surface area (Å²) in [7, 11) is 0. The van der Waals surface area contributed by atoms with Crippen LogP contribution in [0.3, 0.4) is 0 Å². The van der Waals surface area contributed by atoms with E-state index in [1.165, 1.54) is 0 Å². The molecule has 38 heavy (non-hydrogen) atoms. The van der Waals surface area contributed by atoms with Crippen molar-refractivity contribution in [2.24, 2.45) is 0 Å². The van der Waals surface area contributed by atoms with Crippen molar-refractivity contribution >= 4 is 35.0 Å². The Balaban J connectivity index is 1.61. The summed E-state index contributed by atoms with van der Waals surface area (Å²) in [6.45, 7) is 0.204. The van der Waals surface area contributed by atoms with E-state index in [0.29, 0.717) is 22.2 Å². The SMILES string of the molecule is O=C(NCc1cccnc1)[C@@H](Cc1ccccc1)N(Cc1ccc(Cl)cc1)C(=O)COc1ccccc1Cl. The Hall–Kier alpha value is -3.87. The number of carbonyl (C=O) groups is 2. The Labute approximate surface area is 232 Å². The van der Waals surface area contributed by atoms with Crippen LogP contribution < -0.4 is 10.1 Å². The fraction of sp³-hybridized carbons (Fsp3) is 0.167. The maximum atomic E-state index is 13.7. The zero-order valence-corrected chi connectivity index (χ0v) is 22.1. The maximum Gasteiger partial charge on any atom is 0.261 e. The molecule has 0 saturated heterocycles. The fourth-order valence-corrected chi connectivity index (χ4v) is 4.25. The molecule has 2 amide bonds. The molecule has 1 N–H and O–H groups in total. The van der Waals surface area contributed by atoms with Crippen LogP contribution in [0.2, 0.25) is 10.0 Å². The number of nitrogens with one attached hydrogen (secondary N) is 1. The Morgan fingerprint density at radius 1 is 0.842 bits per heavy atom. The second-order valence-electron chi connectivity index (χ2n) is 8.65. The van der Waals surface area contributed by atoms with Gasteiger partial charge in [-0.1, -0.05) is 83.9 Å². The maximum absolute atomic E-state index is 13.7. The smallest absolute Gasteiger partial charge is 0.261 e. The number of carbonyl (C=O) groups excluding carboxylic acids is 2. The van der Waals surface area contributed by atoms with Crippen molar-refractivity contribution in [3.63, 3.8) is 0 Å². The quantitative estimate of drug-likeness (QED) is 0.260. The van der Waals surface area contributed by atoms with Crippen molar-refractivity contribution in [3.8, 4) is 5.75 Å². The summed E-state index contributed by atoms with van der Waals surface area (Å²) in [5.41, 5.74) is 2.62. The average molecular weight is 548 g/mol. The summed E-state index contributed by atoms with van der Waals surface area (Å²) in [4.78, 5) is 32.9. The average Bonchev–Trinajstić information content (AvgIpc) is 2.95. The van der Waals surface area contributed by atoms with Crippen LogP contribution in [-0.4, -0.2) is 34.3 Å². The van der Waals surface area contributed by atoms with Crippen LogP contribution in [0.25, 0.3) is 0 Å². The number of benzene rings is 3. The molecule has 0 aliphatic rings. The number of amides is 2. The number of rotatable bonds is 11. The molecular formula is C30H27Cl2N3O3. The van der Waals surface area contributed by atoms with E-state index in [0.717, 1.165) is 16.7 Å². The molecule has 0 bridgehead atoms. The molecule has 0 saturated carbocycles. The molecule has 1 atom stereocenters. The number of halogens is 2. The Bertz CT molecular complexity index is 1340. The topological polar surface area (TPSA) is 71.5 Å². The van der Waals surface area contributed by atoms with E-state index in [1.54, 1.807) is 53.7 Å². The number of hydrogen-bond acceptors (Lipinski definition) is 4. The monoisotopic (exact) mass is 547 g/mol. The van der Waals surface area contributed by atoms with Crippen LogP contribution in [-0.2, 0) is 29.1 Å². The summed E-state index contributed by atoms with van der Waals surface area (Å²) in [6, 6.07) is 26.6. The van der Waals surface area contributed by atoms with Crippen LogP contribution >= 0.6 is 23.2 Å². The van der Waals surface area contributed by atoms with E-state index >= 15 is 0 Å². The Kier molecular flexibility index (Phi) is 9.73. The van der Waals surface area contributed by atoms with Crippen LogP contribution in [0, 0.1) is 0 Å². The van der Waals surface area contributed by atoms with Gasteiger partial charge in [-0.2, -0.15) is 0 Å². The van der Waals surface area contributed by atoms with Gasteiger partial charge in [0.05, 0.1) is 5.02 Å². The van der Waals surface area contributed by atoms with Gasteiger partial charge in [0.25, 0.3) is 5.91 Å². The van der Waals surface area contributed by atoms with Crippen molar-refractivity contribution in [1.82, 2.24) is 15.2 Å². The lowest BCUT2D eigenvalue weighted by Gasteiger charge is -2.31. The van der Waals surface area contributed by atoms with E-state index in [2.05, 4.69) is 10.3 Å². The van der Waals surface area contributed by atoms with Crippen molar-refractivity contribution in [1.29, 1.82) is 0 Å². The van der Waals surface area contributed by atoms with Gasteiger partial charge >= 0.3 is 0 Å². The third-order valence-electron chi connectivity index (χ3n) is 5.91. The Morgan fingerprint density at radius 2 is 1.55 bits per heavy atom. The summed E-state index contributed by atoms with van der Waals surface area (Å²) in [5, 5.41) is 3.97. The molecule has 0 unspecified atom stereocenters. The van der Waals surface area contributed by atoms with Gasteiger partial charge in [0.15, 0.2) is 6.61 Å². The van der Waals surface area contributed by atoms with E-state index < -0.39 is 6.04 Å². The zero-order valence-electron chi connectivity index (χ0n) is 20.6. The lowest BCUT2D eigenvalue weighted by Crippen LogP contribution is -2.51. The van der Waals surface area contributed by atoms with Gasteiger partial charge in [-0.15, -0.1) is 0 Å². The summed E-state index contributed by atoms with van der Waals surface area (Å²) in [6.07, 6.45) is 3.70. The summed E-state index contributed by atoms with van der Waals surface area (Å²) >= 11 is 12.3. The molecule has 0 aliphatic carbocycles. The van der Waals surface area contributed by atoms with E-state index in [9.17, 15) is 9.59 Å². The minimum atomic E-state index is -0.799. The normalized spacial score (nSPS) is 11.4. The molecule has 0 fully saturated rings. The first-order chi connectivity index (χ1) is 18.5. The summed E-state index contributed by atoms with van der Waals surface area (Å²) < 4.78 is 5.76. The number of para-hydroxylation sites is 1. The van der Waals surface area contributed by atoms with Gasteiger partial charge in [0, 0.05) is 36.9 Å². The third kappa shape index (κ3) is 7.81. The lowest BCUT2D eigenvalue weighted by atomic mass is 10.0. The number of pyridine rings is 1. The van der Waals surface area contributed by atoms with E-state index in [1.807, 2.05) is 54.6 Å². The largest absolute Gasteiger partial charge is 0.482 e. The van der Waals surface area contributed by atoms with Crippen molar-refractivity contribution in [2.45, 2.75) is 25.6 Å². The Morgan fingerprint density at radius 3 is 2.26 bits per heavy atom. The van der Waals surface area contributed by atoms with Gasteiger partial charge in [-0.3, -0.25) is 14.6 Å². The molecule has 4 rings (SSSR count). The van der Waals surface area contributed by atoms with E-state index in [-0.39, 0.29) is 31.5 Å². The predicted molar refractivity (Wildman–Crippen MR) is 149 cm³/mol. The molecule has 8 heteroatoms. The first-order valence-corrected chi connectivity index (χ1v) is 12.9. The summed E-state index contributed by atoms with van der Waals surface area (Å²) in [5.74, 6) is -0.232. The first-order valence-electron chi connectivity index (χ1n) is 12.1. The zero-order chi connectivity index (χ0) is 26.7. The van der Waals surface area contributed by atoms with Crippen molar-refractivity contribution in [3.05, 3.63) is 130 Å². The second-order valence-corrected chi connectivity index (χ2v) is 9.50. The standard InChI is InChI=1S/C30H27Cl2N3O3/c31-25-14-12-23(13-15-25)20-35(29(36)21-38-28-11-5-4-10-26(28)32)27(17-22-7-2-1-3-8-22)30(37)34-19-24-9-6-16-33-18-24/h1-16,18,27H,17,19-21H2,(H,34,37)/t27-/m1/s1. The number of aromatic nitrogens is 1. The number of hydrogen-bond donors (Lipinski definition) is 1. The minimum absolute atomic E-state index is 0.194. The molecule has 1 heterocycles. The van der Waals surface area contributed by atoms with E-state index in [4.69, 9.17) is 27.9 Å². The molecular weight excluding hydrogens is 521 g/mol. The van der Waals surface area contributed by atoms with Gasteiger partial charge in [0.2, 0.25) is 5.91 Å². The molecule has 1 aromatic heterocycles. The van der Waals surface area contributed by atoms with Crippen molar-refractivity contribution < 1.29 is 14.3 Å². The second kappa shape index (κ2) is 13.6. The molecule has 0 aliphatic heterocycles. The molecule has 0 spiro atoms. The highest BCUT2D eigenvalue weighted by atomic mass is 35.5. The van der Waals surface area contributed by atoms with Gasteiger partial charge in [0.1, 0.15) is 11.8 Å². The van der Waals surface area contributed by atoms with Gasteiger partial charge < -0.3 is 15.0 Å². The molecule has 4 aromatic rings. The van der Waals surface area contributed by atoms with Gasteiger partial charge in [-0.05, 0) is 47.0 Å². The molecule has 0 radical (unpaired) electrons. The van der Waals surface area contributed by atoms with Gasteiger partial charge in [-0.25, -0.2) is 0 Å². The van der Waals surface area contributed by atoms with Crippen LogP contribution in [0.4, 0.5) is 0 Å². The number of ether oxygens (including phenoxy) is 1. The van der Waals surface area contributed by atoms with Crippen LogP contribution in [0.15, 0.2) is 103 Å². The third-order valence-corrected chi connectivity index (χ3v) is 6.48. The highest BCUT2D eigenvalue weighted by Gasteiger charge is 2.30. The van der Waals surface area contributed by atoms with Crippen molar-refractivity contribution in [2.75, 3.05) is 6.61 Å². The predicted octanol–water partition coefficient (Wildman–Crippen LogP) is 5.72. The highest BCUT2D eigenvalue weighted by molar-refractivity contribution is 6.32. The minimum Gasteiger partial charge on any atom is -0.482 e. The molecule has 194 valence electrons. The number of nitrogens with zero attached hydrogens (tertiary/aromatic N) is 2.